The van der Waals surface area contributed by atoms with Crippen LogP contribution in [0, 0.1) is 11.8 Å². The molecule has 3 aliphatic rings. The van der Waals surface area contributed by atoms with Crippen LogP contribution in [0.3, 0.4) is 0 Å². The Morgan fingerprint density at radius 1 is 1.03 bits per heavy atom. The number of benzene rings is 2. The van der Waals surface area contributed by atoms with Gasteiger partial charge in [0.2, 0.25) is 0 Å². The van der Waals surface area contributed by atoms with Crippen molar-refractivity contribution in [2.45, 2.75) is 25.0 Å². The lowest BCUT2D eigenvalue weighted by Gasteiger charge is -2.51. The van der Waals surface area contributed by atoms with Crippen LogP contribution < -0.4 is 5.32 Å². The van der Waals surface area contributed by atoms with Gasteiger partial charge in [-0.15, -0.1) is 0 Å². The summed E-state index contributed by atoms with van der Waals surface area (Å²) in [6.07, 6.45) is 1.19. The summed E-state index contributed by atoms with van der Waals surface area (Å²) in [5.41, 5.74) is -0.0762. The second-order valence-electron chi connectivity index (χ2n) is 7.91. The van der Waals surface area contributed by atoms with Crippen molar-refractivity contribution in [3.8, 4) is 0 Å². The fourth-order valence-electron chi connectivity index (χ4n) is 4.79. The number of fused-ring (bicyclic) bond motifs is 3. The third kappa shape index (κ3) is 3.85. The quantitative estimate of drug-likeness (QED) is 0.786. The van der Waals surface area contributed by atoms with Crippen LogP contribution in [0.25, 0.3) is 0 Å². The average Bonchev–Trinajstić information content (AvgIpc) is 2.78. The molecule has 0 spiro atoms. The summed E-state index contributed by atoms with van der Waals surface area (Å²) < 4.78 is 5.40. The normalized spacial score (nSPS) is 25.0. The molecule has 2 N–H and O–H groups in total. The van der Waals surface area contributed by atoms with Crippen LogP contribution in [-0.2, 0) is 21.7 Å². The molecule has 3 saturated heterocycles. The summed E-state index contributed by atoms with van der Waals surface area (Å²) in [5, 5.41) is 13.2. The predicted octanol–water partition coefficient (Wildman–Crippen LogP) is 3.23. The first-order valence-corrected chi connectivity index (χ1v) is 10.1. The summed E-state index contributed by atoms with van der Waals surface area (Å²) in [6, 6.07) is 18.4. The minimum absolute atomic E-state index is 0.0946. The van der Waals surface area contributed by atoms with Crippen molar-refractivity contribution in [3.05, 3.63) is 71.8 Å². The van der Waals surface area contributed by atoms with E-state index in [2.05, 4.69) is 10.2 Å². The third-order valence-electron chi connectivity index (χ3n) is 6.29. The van der Waals surface area contributed by atoms with Crippen LogP contribution in [0.4, 0.5) is 4.79 Å². The van der Waals surface area contributed by atoms with Gasteiger partial charge in [-0.25, -0.2) is 9.59 Å². The van der Waals surface area contributed by atoms with E-state index in [1.807, 2.05) is 48.5 Å². The van der Waals surface area contributed by atoms with Crippen LogP contribution in [0.15, 0.2) is 60.7 Å². The van der Waals surface area contributed by atoms with Crippen molar-refractivity contribution in [2.24, 2.45) is 11.8 Å². The van der Waals surface area contributed by atoms with Gasteiger partial charge in [-0.3, -0.25) is 0 Å². The molecule has 1 amide bonds. The number of piperidine rings is 3. The van der Waals surface area contributed by atoms with Crippen molar-refractivity contribution < 1.29 is 19.4 Å². The van der Waals surface area contributed by atoms with Crippen molar-refractivity contribution in [1.29, 1.82) is 0 Å². The van der Waals surface area contributed by atoms with Gasteiger partial charge in [0, 0.05) is 12.5 Å². The summed E-state index contributed by atoms with van der Waals surface area (Å²) >= 11 is 0. The number of nitrogens with zero attached hydrogens (tertiary/aromatic N) is 1. The molecule has 2 atom stereocenters. The molecular formula is C23H26N2O4. The molecular weight excluding hydrogens is 368 g/mol. The van der Waals surface area contributed by atoms with Crippen molar-refractivity contribution in [2.75, 3.05) is 19.6 Å². The molecule has 6 heteroatoms. The van der Waals surface area contributed by atoms with Gasteiger partial charge in [0.25, 0.3) is 0 Å². The van der Waals surface area contributed by atoms with Gasteiger partial charge in [0.05, 0.1) is 0 Å². The minimum atomic E-state index is -1.52. The van der Waals surface area contributed by atoms with Crippen LogP contribution in [-0.4, -0.2) is 41.7 Å². The van der Waals surface area contributed by atoms with E-state index in [0.717, 1.165) is 31.5 Å². The number of ether oxygens (including phenoxy) is 1. The zero-order chi connectivity index (χ0) is 20.3. The Morgan fingerprint density at radius 3 is 2.21 bits per heavy atom. The first kappa shape index (κ1) is 19.5. The Morgan fingerprint density at radius 2 is 1.66 bits per heavy atom. The summed E-state index contributed by atoms with van der Waals surface area (Å²) in [4.78, 5) is 27.8. The number of aliphatic carboxylic acids is 1. The maximum Gasteiger partial charge on any atom is 0.408 e. The lowest BCUT2D eigenvalue weighted by molar-refractivity contribution is -0.152. The summed E-state index contributed by atoms with van der Waals surface area (Å²) in [6.45, 7) is 2.73. The van der Waals surface area contributed by atoms with Crippen molar-refractivity contribution in [3.63, 3.8) is 0 Å². The first-order chi connectivity index (χ1) is 14.1. The highest BCUT2D eigenvalue weighted by atomic mass is 16.5. The van der Waals surface area contributed by atoms with Crippen LogP contribution in [0.2, 0.25) is 0 Å². The molecule has 3 aliphatic heterocycles. The van der Waals surface area contributed by atoms with Crippen LogP contribution in [0.5, 0.6) is 0 Å². The second-order valence-corrected chi connectivity index (χ2v) is 7.91. The van der Waals surface area contributed by atoms with Crippen LogP contribution >= 0.6 is 0 Å². The number of rotatable bonds is 6. The largest absolute Gasteiger partial charge is 0.479 e. The number of hydrogen-bond donors (Lipinski definition) is 2. The van der Waals surface area contributed by atoms with Gasteiger partial charge in [-0.05, 0) is 43.0 Å². The van der Waals surface area contributed by atoms with Gasteiger partial charge < -0.3 is 20.1 Å². The second kappa shape index (κ2) is 8.25. The fraction of sp³-hybridized carbons (Fsp3) is 0.391. The van der Waals surface area contributed by atoms with Gasteiger partial charge >= 0.3 is 12.1 Å². The number of carbonyl (C=O) groups excluding carboxylic acids is 1. The smallest absolute Gasteiger partial charge is 0.408 e. The van der Waals surface area contributed by atoms with E-state index in [0.29, 0.717) is 12.1 Å². The third-order valence-corrected chi connectivity index (χ3v) is 6.29. The number of alkyl carbamates (subject to hydrolysis) is 1. The highest BCUT2D eigenvalue weighted by molar-refractivity contribution is 5.86. The van der Waals surface area contributed by atoms with Crippen LogP contribution in [0.1, 0.15) is 24.0 Å². The zero-order valence-corrected chi connectivity index (χ0v) is 16.3. The zero-order valence-electron chi connectivity index (χ0n) is 16.3. The lowest BCUT2D eigenvalue weighted by Crippen LogP contribution is -2.64. The standard InChI is InChI=1S/C23H26N2O4/c26-21(27)23(19-9-5-2-6-10-19,20-15-25-13-11-18(20)12-14-25)24-22(28)29-16-17-7-3-1-4-8-17/h1-10,18,20H,11-16H2,(H,24,28)(H,26,27). The number of carboxylic acid groups (broad SMARTS) is 1. The molecule has 2 unspecified atom stereocenters. The maximum atomic E-state index is 12.7. The topological polar surface area (TPSA) is 78.9 Å². The van der Waals surface area contributed by atoms with Gasteiger partial charge in [-0.2, -0.15) is 0 Å². The molecule has 6 nitrogen and oxygen atoms in total. The minimum Gasteiger partial charge on any atom is -0.479 e. The molecule has 0 aromatic heterocycles. The van der Waals surface area contributed by atoms with Crippen molar-refractivity contribution >= 4 is 12.1 Å². The summed E-state index contributed by atoms with van der Waals surface area (Å²) in [7, 11) is 0. The molecule has 0 saturated carbocycles. The van der Waals surface area contributed by atoms with Gasteiger partial charge in [0.1, 0.15) is 6.61 Å². The van der Waals surface area contributed by atoms with Crippen molar-refractivity contribution in [1.82, 2.24) is 10.2 Å². The number of carboxylic acids is 1. The van der Waals surface area contributed by atoms with E-state index < -0.39 is 17.6 Å². The fourth-order valence-corrected chi connectivity index (χ4v) is 4.79. The highest BCUT2D eigenvalue weighted by Crippen LogP contribution is 2.43. The average molecular weight is 394 g/mol. The predicted molar refractivity (Wildman–Crippen MR) is 108 cm³/mol. The maximum absolute atomic E-state index is 12.7. The Bertz CT molecular complexity index is 850. The monoisotopic (exact) mass is 394 g/mol. The van der Waals surface area contributed by atoms with Gasteiger partial charge in [-0.1, -0.05) is 60.7 Å². The molecule has 5 rings (SSSR count). The Kier molecular flexibility index (Phi) is 5.53. The molecule has 2 aromatic rings. The first-order valence-electron chi connectivity index (χ1n) is 10.1. The number of hydrogen-bond acceptors (Lipinski definition) is 4. The Balaban J connectivity index is 1.62. The number of carbonyl (C=O) groups is 2. The summed E-state index contributed by atoms with van der Waals surface area (Å²) in [5.74, 6) is -1.00. The molecule has 0 aliphatic carbocycles. The molecule has 0 radical (unpaired) electrons. The molecule has 2 bridgehead atoms. The highest BCUT2D eigenvalue weighted by Gasteiger charge is 2.54. The Labute approximate surface area is 170 Å². The molecule has 3 fully saturated rings. The van der Waals surface area contributed by atoms with E-state index in [-0.39, 0.29) is 18.4 Å². The number of amides is 1. The SMILES string of the molecule is O=C(NC(C(=O)O)(c1ccccc1)C1CN2CCC1CC2)OCc1ccccc1. The lowest BCUT2D eigenvalue weighted by atomic mass is 9.66. The Hall–Kier alpha value is -2.86. The molecule has 152 valence electrons. The molecule has 3 heterocycles. The van der Waals surface area contributed by atoms with E-state index >= 15 is 0 Å². The van der Waals surface area contributed by atoms with E-state index in [1.54, 1.807) is 12.1 Å². The molecule has 2 aromatic carbocycles. The van der Waals surface area contributed by atoms with E-state index in [9.17, 15) is 14.7 Å². The van der Waals surface area contributed by atoms with Gasteiger partial charge in [0.15, 0.2) is 5.54 Å². The van der Waals surface area contributed by atoms with E-state index in [4.69, 9.17) is 4.74 Å². The molecule has 29 heavy (non-hydrogen) atoms. The number of nitrogens with one attached hydrogen (secondary N) is 1. The van der Waals surface area contributed by atoms with E-state index in [1.165, 1.54) is 0 Å².